The van der Waals surface area contributed by atoms with Crippen LogP contribution in [0.3, 0.4) is 0 Å². The van der Waals surface area contributed by atoms with Crippen molar-refractivity contribution in [1.82, 2.24) is 0 Å². The highest BCUT2D eigenvalue weighted by molar-refractivity contribution is 6.00. The summed E-state index contributed by atoms with van der Waals surface area (Å²) in [5.74, 6) is -2.72. The van der Waals surface area contributed by atoms with Gasteiger partial charge in [-0.15, -0.1) is 0 Å². The van der Waals surface area contributed by atoms with Crippen molar-refractivity contribution in [2.45, 2.75) is 114 Å². The predicted octanol–water partition coefficient (Wildman–Crippen LogP) is 4.74. The monoisotopic (exact) mass is 584 g/mol. The lowest BCUT2D eigenvalue weighted by Crippen LogP contribution is -2.66. The number of aliphatic hydroxyl groups is 3. The third-order valence-corrected chi connectivity index (χ3v) is 10.9. The number of allylic oxidation sites excluding steroid dienone is 4. The van der Waals surface area contributed by atoms with Crippen molar-refractivity contribution >= 4 is 11.9 Å². The molecular formula is C31H46F2O8. The molecule has 232 valence electrons. The van der Waals surface area contributed by atoms with Crippen LogP contribution in [0, 0.1) is 29.1 Å². The number of fused-ring (bicyclic) bond motifs is 1. The van der Waals surface area contributed by atoms with Gasteiger partial charge in [-0.25, -0.2) is 13.6 Å². The van der Waals surface area contributed by atoms with Gasteiger partial charge in [0.2, 0.25) is 0 Å². The molecule has 4 aliphatic rings. The Balaban J connectivity index is 1.61. The lowest BCUT2D eigenvalue weighted by molar-refractivity contribution is -0.272. The van der Waals surface area contributed by atoms with E-state index in [2.05, 4.69) is 0 Å². The molecule has 0 amide bonds. The number of carbonyl (C=O) groups excluding carboxylic acids is 2. The van der Waals surface area contributed by atoms with Crippen LogP contribution in [0.2, 0.25) is 0 Å². The highest BCUT2D eigenvalue weighted by atomic mass is 19.1. The zero-order chi connectivity index (χ0) is 30.2. The van der Waals surface area contributed by atoms with Crippen LogP contribution in [0.4, 0.5) is 13.6 Å². The van der Waals surface area contributed by atoms with Gasteiger partial charge in [0.1, 0.15) is 18.4 Å². The number of ether oxygens (including phenoxy) is 3. The van der Waals surface area contributed by atoms with Crippen molar-refractivity contribution in [1.29, 1.82) is 0 Å². The lowest BCUT2D eigenvalue weighted by Gasteiger charge is -2.57. The molecule has 10 atom stereocenters. The first kappa shape index (κ1) is 32.0. The normalized spacial score (nSPS) is 41.6. The number of halogens is 2. The fourth-order valence-corrected chi connectivity index (χ4v) is 8.63. The topological polar surface area (TPSA) is 123 Å². The summed E-state index contributed by atoms with van der Waals surface area (Å²) < 4.78 is 49.2. The minimum absolute atomic E-state index is 0.0180. The number of rotatable bonds is 9. The average molecular weight is 585 g/mol. The Labute approximate surface area is 241 Å². The molecule has 0 bridgehead atoms. The molecule has 4 rings (SSSR count). The molecule has 0 aromatic rings. The Bertz CT molecular complexity index is 1030. The van der Waals surface area contributed by atoms with Gasteiger partial charge in [0.15, 0.2) is 17.7 Å². The minimum atomic E-state index is -2.16. The van der Waals surface area contributed by atoms with E-state index in [1.54, 1.807) is 34.0 Å². The predicted molar refractivity (Wildman–Crippen MR) is 146 cm³/mol. The highest BCUT2D eigenvalue weighted by Gasteiger charge is 2.74. The van der Waals surface area contributed by atoms with Crippen LogP contribution in [0.5, 0.6) is 0 Å². The quantitative estimate of drug-likeness (QED) is 0.263. The third-order valence-electron chi connectivity index (χ3n) is 10.9. The van der Waals surface area contributed by atoms with Crippen molar-refractivity contribution in [2.75, 3.05) is 13.7 Å². The van der Waals surface area contributed by atoms with Gasteiger partial charge >= 0.3 is 6.16 Å². The molecule has 10 heteroatoms. The van der Waals surface area contributed by atoms with Gasteiger partial charge in [-0.3, -0.25) is 4.79 Å². The van der Waals surface area contributed by atoms with Gasteiger partial charge in [-0.1, -0.05) is 39.7 Å². The molecule has 3 N–H and O–H groups in total. The minimum Gasteiger partial charge on any atom is -0.434 e. The summed E-state index contributed by atoms with van der Waals surface area (Å²) in [6.07, 6.45) is 1.19. The van der Waals surface area contributed by atoms with E-state index in [9.17, 15) is 24.9 Å². The summed E-state index contributed by atoms with van der Waals surface area (Å²) in [6, 6.07) is 0. The molecule has 3 fully saturated rings. The number of carbonyl (C=O) groups is 2. The smallest absolute Gasteiger partial charge is 0.434 e. The van der Waals surface area contributed by atoms with Crippen molar-refractivity contribution < 1.29 is 47.9 Å². The second-order valence-electron chi connectivity index (χ2n) is 12.8. The van der Waals surface area contributed by atoms with Gasteiger partial charge in [0.05, 0.1) is 12.2 Å². The number of alkyl halides is 2. The van der Waals surface area contributed by atoms with E-state index in [-0.39, 0.29) is 62.1 Å². The summed E-state index contributed by atoms with van der Waals surface area (Å²) in [5, 5.41) is 32.8. The standard InChI is InChI=1S/C31H46F2O8/c1-5-30(33)23(15-24(32)19-10-8-11-21(34)14-19)22-13-18(2)31(27(36)37,29(22,3)16-26(30)35)41-28(38)40-17-20-9-6-7-12-25(20)39-4/h8,11,14,18,20,22-27,35-37H,5-7,9-10,12-13,15-17H2,1-4H3/t18-,20?,22+,23+,24+,25-,26+,29+,30+,31+/m1/s1. The van der Waals surface area contributed by atoms with Crippen molar-refractivity contribution in [3.63, 3.8) is 0 Å². The number of methoxy groups -OCH3 is 1. The van der Waals surface area contributed by atoms with Crippen LogP contribution in [-0.4, -0.2) is 76.9 Å². The summed E-state index contributed by atoms with van der Waals surface area (Å²) >= 11 is 0. The van der Waals surface area contributed by atoms with E-state index < -0.39 is 59.2 Å². The first-order chi connectivity index (χ1) is 19.3. The van der Waals surface area contributed by atoms with Crippen molar-refractivity contribution in [2.24, 2.45) is 29.1 Å². The van der Waals surface area contributed by atoms with E-state index in [4.69, 9.17) is 14.2 Å². The maximum atomic E-state index is 16.6. The van der Waals surface area contributed by atoms with Gasteiger partial charge in [0.25, 0.3) is 0 Å². The summed E-state index contributed by atoms with van der Waals surface area (Å²) in [7, 11) is 1.62. The summed E-state index contributed by atoms with van der Waals surface area (Å²) in [4.78, 5) is 25.0. The molecule has 0 aromatic heterocycles. The molecule has 0 heterocycles. The van der Waals surface area contributed by atoms with E-state index in [1.807, 2.05) is 0 Å². The highest BCUT2D eigenvalue weighted by Crippen LogP contribution is 2.67. The molecule has 4 aliphatic carbocycles. The Morgan fingerprint density at radius 2 is 1.95 bits per heavy atom. The van der Waals surface area contributed by atoms with E-state index in [0.29, 0.717) is 0 Å². The van der Waals surface area contributed by atoms with Gasteiger partial charge in [-0.05, 0) is 68.6 Å². The van der Waals surface area contributed by atoms with E-state index in [0.717, 1.165) is 25.7 Å². The SMILES string of the molecule is CC[C@@]1(F)[C@@H](O)C[C@@]2(C)[C@@H](C[C@@H](C)[C@]2(OC(=O)OCC2CCCC[C@H]2OC)C(O)O)[C@@H]1C[C@H](F)C1=CC(=O)C=CC1. The maximum Gasteiger partial charge on any atom is 0.509 e. The lowest BCUT2D eigenvalue weighted by atomic mass is 9.53. The average Bonchev–Trinajstić information content (AvgIpc) is 3.16. The summed E-state index contributed by atoms with van der Waals surface area (Å²) in [5.41, 5.74) is -5.15. The van der Waals surface area contributed by atoms with E-state index in [1.165, 1.54) is 12.2 Å². The zero-order valence-electron chi connectivity index (χ0n) is 24.6. The van der Waals surface area contributed by atoms with Gasteiger partial charge in [0, 0.05) is 30.3 Å². The molecule has 3 saturated carbocycles. The number of ketones is 1. The van der Waals surface area contributed by atoms with E-state index >= 15 is 8.78 Å². The van der Waals surface area contributed by atoms with Crippen LogP contribution in [0.25, 0.3) is 0 Å². The molecular weight excluding hydrogens is 538 g/mol. The maximum absolute atomic E-state index is 16.6. The van der Waals surface area contributed by atoms with Crippen LogP contribution in [0.1, 0.15) is 78.6 Å². The van der Waals surface area contributed by atoms with Crippen molar-refractivity contribution in [3.05, 3.63) is 23.8 Å². The third kappa shape index (κ3) is 5.61. The largest absolute Gasteiger partial charge is 0.509 e. The molecule has 8 nitrogen and oxygen atoms in total. The Kier molecular flexibility index (Phi) is 9.68. The molecule has 1 unspecified atom stereocenters. The molecule has 41 heavy (non-hydrogen) atoms. The fourth-order valence-electron chi connectivity index (χ4n) is 8.63. The molecule has 0 spiro atoms. The Morgan fingerprint density at radius 1 is 1.24 bits per heavy atom. The van der Waals surface area contributed by atoms with Crippen molar-refractivity contribution in [3.8, 4) is 0 Å². The zero-order valence-corrected chi connectivity index (χ0v) is 24.6. The first-order valence-electron chi connectivity index (χ1n) is 15.0. The van der Waals surface area contributed by atoms with Crippen LogP contribution in [0.15, 0.2) is 23.8 Å². The van der Waals surface area contributed by atoms with Gasteiger partial charge in [-0.2, -0.15) is 0 Å². The fraction of sp³-hybridized carbons (Fsp3) is 0.806. The Morgan fingerprint density at radius 3 is 2.59 bits per heavy atom. The molecule has 0 aliphatic heterocycles. The molecule has 0 radical (unpaired) electrons. The molecule has 0 saturated heterocycles. The van der Waals surface area contributed by atoms with Crippen LogP contribution in [-0.2, 0) is 19.0 Å². The van der Waals surface area contributed by atoms with Crippen LogP contribution >= 0.6 is 0 Å². The number of hydrogen-bond donors (Lipinski definition) is 3. The molecule has 0 aromatic carbocycles. The second-order valence-corrected chi connectivity index (χ2v) is 12.8. The number of hydrogen-bond acceptors (Lipinski definition) is 8. The number of aliphatic hydroxyl groups excluding tert-OH is 2. The first-order valence-corrected chi connectivity index (χ1v) is 15.0. The second kappa shape index (κ2) is 12.4. The van der Waals surface area contributed by atoms with Gasteiger partial charge < -0.3 is 29.5 Å². The van der Waals surface area contributed by atoms with Crippen LogP contribution < -0.4 is 0 Å². The summed E-state index contributed by atoms with van der Waals surface area (Å²) in [6.45, 7) is 4.98. The Hall–Kier alpha value is -1.88.